The molecule has 0 radical (unpaired) electrons. The molecule has 3 N–H and O–H groups in total. The van der Waals surface area contributed by atoms with Gasteiger partial charge in [0.25, 0.3) is 0 Å². The van der Waals surface area contributed by atoms with Crippen LogP contribution >= 0.6 is 0 Å². The van der Waals surface area contributed by atoms with Gasteiger partial charge in [0.1, 0.15) is 0 Å². The molecule has 5 nitrogen and oxygen atoms in total. The lowest BCUT2D eigenvalue weighted by atomic mass is 9.92. The van der Waals surface area contributed by atoms with Crippen molar-refractivity contribution < 1.29 is 0 Å². The van der Waals surface area contributed by atoms with Crippen molar-refractivity contribution in [2.24, 2.45) is 5.73 Å². The molecular formula is C13H23N5. The molecule has 2 rings (SSSR count). The number of nitrogens with two attached hydrogens (primary N) is 1. The lowest BCUT2D eigenvalue weighted by molar-refractivity contribution is 0.255. The molecule has 0 spiro atoms. The first-order chi connectivity index (χ1) is 8.79. The summed E-state index contributed by atoms with van der Waals surface area (Å²) in [7, 11) is 2.18. The number of anilines is 1. The summed E-state index contributed by atoms with van der Waals surface area (Å²) in [5.74, 6) is 1.33. The van der Waals surface area contributed by atoms with E-state index in [1.807, 2.05) is 12.4 Å². The van der Waals surface area contributed by atoms with Crippen LogP contribution in [-0.4, -0.2) is 48.1 Å². The van der Waals surface area contributed by atoms with Gasteiger partial charge in [0.2, 0.25) is 5.95 Å². The highest BCUT2D eigenvalue weighted by molar-refractivity contribution is 5.26. The van der Waals surface area contributed by atoms with Gasteiger partial charge in [-0.25, -0.2) is 9.97 Å². The molecule has 0 aliphatic carbocycles. The Labute approximate surface area is 109 Å². The molecular weight excluding hydrogens is 226 g/mol. The summed E-state index contributed by atoms with van der Waals surface area (Å²) in [6, 6.07) is 0. The Balaban J connectivity index is 1.87. The van der Waals surface area contributed by atoms with E-state index in [9.17, 15) is 0 Å². The van der Waals surface area contributed by atoms with Crippen LogP contribution < -0.4 is 11.1 Å². The maximum absolute atomic E-state index is 5.44. The first-order valence-electron chi connectivity index (χ1n) is 6.74. The minimum atomic E-state index is 0.624. The predicted molar refractivity (Wildman–Crippen MR) is 73.7 cm³/mol. The Morgan fingerprint density at radius 1 is 1.33 bits per heavy atom. The molecule has 100 valence electrons. The minimum Gasteiger partial charge on any atom is -0.354 e. The Morgan fingerprint density at radius 3 is 2.61 bits per heavy atom. The van der Waals surface area contributed by atoms with E-state index in [2.05, 4.69) is 27.2 Å². The average Bonchev–Trinajstić information content (AvgIpc) is 2.41. The number of rotatable bonds is 5. The van der Waals surface area contributed by atoms with Crippen LogP contribution in [0.4, 0.5) is 5.95 Å². The van der Waals surface area contributed by atoms with Crippen molar-refractivity contribution in [1.29, 1.82) is 0 Å². The van der Waals surface area contributed by atoms with Crippen LogP contribution in [0.25, 0.3) is 0 Å². The van der Waals surface area contributed by atoms with Gasteiger partial charge in [0.05, 0.1) is 0 Å². The highest BCUT2D eigenvalue weighted by Gasteiger charge is 2.18. The fourth-order valence-corrected chi connectivity index (χ4v) is 2.28. The maximum Gasteiger partial charge on any atom is 0.222 e. The zero-order valence-electron chi connectivity index (χ0n) is 11.1. The van der Waals surface area contributed by atoms with Crippen molar-refractivity contribution in [3.05, 3.63) is 18.0 Å². The largest absolute Gasteiger partial charge is 0.354 e. The molecule has 1 aliphatic heterocycles. The van der Waals surface area contributed by atoms with E-state index in [1.54, 1.807) is 0 Å². The molecule has 1 saturated heterocycles. The van der Waals surface area contributed by atoms with Gasteiger partial charge in [0, 0.05) is 18.9 Å². The van der Waals surface area contributed by atoms with Crippen LogP contribution in [0, 0.1) is 0 Å². The third-order valence-corrected chi connectivity index (χ3v) is 3.53. The molecule has 0 bridgehead atoms. The number of nitrogens with one attached hydrogen (secondary N) is 1. The van der Waals surface area contributed by atoms with Crippen molar-refractivity contribution in [1.82, 2.24) is 14.9 Å². The second-order valence-electron chi connectivity index (χ2n) is 4.99. The number of hydrogen-bond donors (Lipinski definition) is 2. The van der Waals surface area contributed by atoms with E-state index in [0.717, 1.165) is 13.0 Å². The van der Waals surface area contributed by atoms with Crippen molar-refractivity contribution in [2.45, 2.75) is 25.2 Å². The molecule has 0 unspecified atom stereocenters. The monoisotopic (exact) mass is 249 g/mol. The fourth-order valence-electron chi connectivity index (χ4n) is 2.28. The standard InChI is InChI=1S/C13H23N5/c1-18-7-3-11(4-8-18)12-9-16-13(17-10-12)15-6-2-5-14/h9-11H,2-8,14H2,1H3,(H,15,16,17). The lowest BCUT2D eigenvalue weighted by Crippen LogP contribution is -2.29. The van der Waals surface area contributed by atoms with E-state index >= 15 is 0 Å². The summed E-state index contributed by atoms with van der Waals surface area (Å²) >= 11 is 0. The van der Waals surface area contributed by atoms with Gasteiger partial charge in [-0.2, -0.15) is 0 Å². The van der Waals surface area contributed by atoms with Crippen molar-refractivity contribution in [3.63, 3.8) is 0 Å². The van der Waals surface area contributed by atoms with Gasteiger partial charge in [-0.3, -0.25) is 0 Å². The van der Waals surface area contributed by atoms with Crippen LogP contribution in [0.5, 0.6) is 0 Å². The summed E-state index contributed by atoms with van der Waals surface area (Å²) in [6.45, 7) is 3.87. The van der Waals surface area contributed by atoms with Crippen LogP contribution in [0.2, 0.25) is 0 Å². The quantitative estimate of drug-likeness (QED) is 0.763. The third-order valence-electron chi connectivity index (χ3n) is 3.53. The molecule has 0 aromatic carbocycles. The molecule has 2 heterocycles. The normalized spacial score (nSPS) is 17.9. The van der Waals surface area contributed by atoms with E-state index in [-0.39, 0.29) is 0 Å². The number of aromatic nitrogens is 2. The zero-order chi connectivity index (χ0) is 12.8. The number of nitrogens with zero attached hydrogens (tertiary/aromatic N) is 3. The summed E-state index contributed by atoms with van der Waals surface area (Å²) in [5, 5.41) is 3.17. The highest BCUT2D eigenvalue weighted by Crippen LogP contribution is 2.26. The first-order valence-corrected chi connectivity index (χ1v) is 6.74. The third kappa shape index (κ3) is 3.65. The fraction of sp³-hybridized carbons (Fsp3) is 0.692. The second-order valence-corrected chi connectivity index (χ2v) is 4.99. The van der Waals surface area contributed by atoms with Crippen molar-refractivity contribution in [2.75, 3.05) is 38.5 Å². The molecule has 1 aliphatic rings. The smallest absolute Gasteiger partial charge is 0.222 e. The molecule has 5 heteroatoms. The highest BCUT2D eigenvalue weighted by atomic mass is 15.1. The average molecular weight is 249 g/mol. The lowest BCUT2D eigenvalue weighted by Gasteiger charge is -2.28. The summed E-state index contributed by atoms with van der Waals surface area (Å²) in [4.78, 5) is 11.1. The van der Waals surface area contributed by atoms with Gasteiger partial charge < -0.3 is 16.0 Å². The number of hydrogen-bond acceptors (Lipinski definition) is 5. The summed E-state index contributed by atoms with van der Waals surface area (Å²) in [6.07, 6.45) is 7.29. The van der Waals surface area contributed by atoms with E-state index < -0.39 is 0 Å². The molecule has 0 atom stereocenters. The van der Waals surface area contributed by atoms with Crippen molar-refractivity contribution in [3.8, 4) is 0 Å². The van der Waals surface area contributed by atoms with E-state index in [1.165, 1.54) is 31.5 Å². The van der Waals surface area contributed by atoms with Crippen LogP contribution in [0.15, 0.2) is 12.4 Å². The van der Waals surface area contributed by atoms with Crippen LogP contribution in [-0.2, 0) is 0 Å². The molecule has 1 aromatic rings. The van der Waals surface area contributed by atoms with Crippen LogP contribution in [0.3, 0.4) is 0 Å². The molecule has 18 heavy (non-hydrogen) atoms. The SMILES string of the molecule is CN1CCC(c2cnc(NCCCN)nc2)CC1. The van der Waals surface area contributed by atoms with Gasteiger partial charge in [-0.05, 0) is 57.4 Å². The Morgan fingerprint density at radius 2 is 2.00 bits per heavy atom. The predicted octanol–water partition coefficient (Wildman–Crippen LogP) is 1.05. The van der Waals surface area contributed by atoms with Crippen LogP contribution in [0.1, 0.15) is 30.7 Å². The van der Waals surface area contributed by atoms with E-state index in [4.69, 9.17) is 5.73 Å². The number of likely N-dealkylation sites (tertiary alicyclic amines) is 1. The zero-order valence-corrected chi connectivity index (χ0v) is 11.1. The molecule has 0 saturated carbocycles. The maximum atomic E-state index is 5.44. The molecule has 1 aromatic heterocycles. The summed E-state index contributed by atoms with van der Waals surface area (Å²) in [5.41, 5.74) is 6.71. The summed E-state index contributed by atoms with van der Waals surface area (Å²) < 4.78 is 0. The Bertz CT molecular complexity index is 343. The molecule has 0 amide bonds. The molecule has 1 fully saturated rings. The van der Waals surface area contributed by atoms with Gasteiger partial charge in [-0.1, -0.05) is 0 Å². The second kappa shape index (κ2) is 6.66. The Kier molecular flexibility index (Phi) is 4.90. The Hall–Kier alpha value is -1.20. The topological polar surface area (TPSA) is 67.1 Å². The van der Waals surface area contributed by atoms with Gasteiger partial charge in [0.15, 0.2) is 0 Å². The number of piperidine rings is 1. The van der Waals surface area contributed by atoms with Gasteiger partial charge >= 0.3 is 0 Å². The van der Waals surface area contributed by atoms with Crippen molar-refractivity contribution >= 4 is 5.95 Å². The van der Waals surface area contributed by atoms with E-state index in [0.29, 0.717) is 18.4 Å². The van der Waals surface area contributed by atoms with Gasteiger partial charge in [-0.15, -0.1) is 0 Å². The minimum absolute atomic E-state index is 0.624. The first kappa shape index (κ1) is 13.2.